The molecule has 1 nitrogen and oxygen atoms in total. The third kappa shape index (κ3) is 6.26. The van der Waals surface area contributed by atoms with Gasteiger partial charge in [0.05, 0.1) is 12.2 Å². The zero-order valence-corrected chi connectivity index (χ0v) is 19.6. The van der Waals surface area contributed by atoms with Crippen molar-refractivity contribution in [1.29, 1.82) is 0 Å². The van der Waals surface area contributed by atoms with Gasteiger partial charge in [-0.15, -0.1) is 0 Å². The van der Waals surface area contributed by atoms with E-state index in [0.29, 0.717) is 28.5 Å². The van der Waals surface area contributed by atoms with Gasteiger partial charge in [-0.25, -0.2) is 17.6 Å². The highest BCUT2D eigenvalue weighted by atomic mass is 19.2. The van der Waals surface area contributed by atoms with Gasteiger partial charge < -0.3 is 4.74 Å². The molecule has 0 N–H and O–H groups in total. The van der Waals surface area contributed by atoms with E-state index in [1.54, 1.807) is 24.3 Å². The number of rotatable bonds is 5. The molecular formula is C31H22F4O. The summed E-state index contributed by atoms with van der Waals surface area (Å²) in [4.78, 5) is 0. The predicted molar refractivity (Wildman–Crippen MR) is 134 cm³/mol. The molecule has 0 aromatic heterocycles. The molecule has 0 saturated heterocycles. The van der Waals surface area contributed by atoms with Gasteiger partial charge in [0.25, 0.3) is 0 Å². The number of hydrogen-bond acceptors (Lipinski definition) is 1. The number of hydrogen-bond donors (Lipinski definition) is 0. The van der Waals surface area contributed by atoms with Crippen molar-refractivity contribution in [1.82, 2.24) is 0 Å². The van der Waals surface area contributed by atoms with Crippen LogP contribution in [-0.2, 0) is 0 Å². The van der Waals surface area contributed by atoms with Gasteiger partial charge in [0.2, 0.25) is 0 Å². The van der Waals surface area contributed by atoms with Crippen molar-refractivity contribution in [3.8, 4) is 29.4 Å². The average molecular weight is 487 g/mol. The molecule has 5 heteroatoms. The molecule has 0 aliphatic heterocycles. The fourth-order valence-corrected chi connectivity index (χ4v) is 3.54. The standard InChI is InChI=1S/C31H22F4O/c1-2-3-4-15-36-26-12-8-21(9-13-26)5-6-23-17-28(32)27(29(33)18-23)14-10-22-7-11-24-19-30(34)31(35)20-25(24)16-22/h7-9,11-13,16-20H,2-4,15H2,1H3. The SMILES string of the molecule is CCCCCOc1ccc(C#Cc2cc(F)c(C#Cc3ccc4cc(F)c(F)cc4c3)c(F)c2)cc1. The molecule has 0 aliphatic rings. The van der Waals surface area contributed by atoms with Gasteiger partial charge in [0, 0.05) is 16.7 Å². The van der Waals surface area contributed by atoms with Crippen molar-refractivity contribution >= 4 is 10.8 Å². The van der Waals surface area contributed by atoms with Crippen LogP contribution in [0, 0.1) is 47.0 Å². The first kappa shape index (κ1) is 24.9. The van der Waals surface area contributed by atoms with Crippen molar-refractivity contribution in [3.63, 3.8) is 0 Å². The van der Waals surface area contributed by atoms with Crippen LogP contribution in [0.2, 0.25) is 0 Å². The van der Waals surface area contributed by atoms with Gasteiger partial charge in [-0.2, -0.15) is 0 Å². The lowest BCUT2D eigenvalue weighted by atomic mass is 10.1. The first-order chi connectivity index (χ1) is 17.4. The predicted octanol–water partition coefficient (Wildman–Crippen LogP) is 7.76. The van der Waals surface area contributed by atoms with Crippen LogP contribution >= 0.6 is 0 Å². The molecule has 0 fully saturated rings. The lowest BCUT2D eigenvalue weighted by Crippen LogP contribution is -1.96. The molecule has 0 aliphatic carbocycles. The van der Waals surface area contributed by atoms with Crippen LogP contribution in [0.15, 0.2) is 66.7 Å². The Labute approximate surface area is 207 Å². The third-order valence-corrected chi connectivity index (χ3v) is 5.48. The van der Waals surface area contributed by atoms with E-state index in [0.717, 1.165) is 49.3 Å². The van der Waals surface area contributed by atoms with E-state index in [1.165, 1.54) is 6.07 Å². The van der Waals surface area contributed by atoms with Crippen molar-refractivity contribution < 1.29 is 22.3 Å². The summed E-state index contributed by atoms with van der Waals surface area (Å²) in [6, 6.07) is 16.3. The highest BCUT2D eigenvalue weighted by Crippen LogP contribution is 2.20. The van der Waals surface area contributed by atoms with Gasteiger partial charge >= 0.3 is 0 Å². The van der Waals surface area contributed by atoms with Gasteiger partial charge in [0.1, 0.15) is 17.4 Å². The van der Waals surface area contributed by atoms with Crippen LogP contribution < -0.4 is 4.74 Å². The van der Waals surface area contributed by atoms with Gasteiger partial charge in [0.15, 0.2) is 11.6 Å². The minimum absolute atomic E-state index is 0.179. The molecule has 0 spiro atoms. The Balaban J connectivity index is 1.49. The maximum atomic E-state index is 14.6. The molecule has 4 rings (SSSR count). The quantitative estimate of drug-likeness (QED) is 0.159. The van der Waals surface area contributed by atoms with Crippen molar-refractivity contribution in [3.05, 3.63) is 112 Å². The summed E-state index contributed by atoms with van der Waals surface area (Å²) < 4.78 is 61.7. The molecule has 0 heterocycles. The zero-order valence-electron chi connectivity index (χ0n) is 19.6. The summed E-state index contributed by atoms with van der Waals surface area (Å²) >= 11 is 0. The van der Waals surface area contributed by atoms with Crippen LogP contribution in [0.4, 0.5) is 17.6 Å². The first-order valence-corrected chi connectivity index (χ1v) is 11.6. The second-order valence-corrected chi connectivity index (χ2v) is 8.22. The van der Waals surface area contributed by atoms with E-state index in [9.17, 15) is 17.6 Å². The Hall–Kier alpha value is -4.22. The van der Waals surface area contributed by atoms with Crippen LogP contribution in [0.3, 0.4) is 0 Å². The first-order valence-electron chi connectivity index (χ1n) is 11.6. The van der Waals surface area contributed by atoms with E-state index in [-0.39, 0.29) is 5.56 Å². The Morgan fingerprint density at radius 1 is 0.583 bits per heavy atom. The summed E-state index contributed by atoms with van der Waals surface area (Å²) in [6.07, 6.45) is 3.25. The molecule has 0 saturated carbocycles. The second-order valence-electron chi connectivity index (χ2n) is 8.22. The maximum absolute atomic E-state index is 14.6. The maximum Gasteiger partial charge on any atom is 0.159 e. The smallest absolute Gasteiger partial charge is 0.159 e. The van der Waals surface area contributed by atoms with Gasteiger partial charge in [-0.1, -0.05) is 49.5 Å². The number of unbranched alkanes of at least 4 members (excludes halogenated alkanes) is 2. The van der Waals surface area contributed by atoms with E-state index in [4.69, 9.17) is 4.74 Å². The van der Waals surface area contributed by atoms with Crippen LogP contribution in [0.5, 0.6) is 5.75 Å². The second kappa shape index (κ2) is 11.5. The molecule has 36 heavy (non-hydrogen) atoms. The molecule has 4 aromatic rings. The molecule has 180 valence electrons. The molecular weight excluding hydrogens is 464 g/mol. The highest BCUT2D eigenvalue weighted by molar-refractivity contribution is 5.84. The highest BCUT2D eigenvalue weighted by Gasteiger charge is 2.09. The molecule has 0 unspecified atom stereocenters. The number of benzene rings is 4. The average Bonchev–Trinajstić information content (AvgIpc) is 2.86. The van der Waals surface area contributed by atoms with Crippen molar-refractivity contribution in [2.24, 2.45) is 0 Å². The Morgan fingerprint density at radius 2 is 1.19 bits per heavy atom. The van der Waals surface area contributed by atoms with Gasteiger partial charge in [-0.05, 0) is 77.9 Å². The summed E-state index contributed by atoms with van der Waals surface area (Å²) in [5.41, 5.74) is 0.885. The van der Waals surface area contributed by atoms with E-state index >= 15 is 0 Å². The van der Waals surface area contributed by atoms with Crippen molar-refractivity contribution in [2.75, 3.05) is 6.61 Å². The zero-order chi connectivity index (χ0) is 25.5. The normalized spacial score (nSPS) is 10.4. The van der Waals surface area contributed by atoms with Crippen molar-refractivity contribution in [2.45, 2.75) is 26.2 Å². The fourth-order valence-electron chi connectivity index (χ4n) is 3.54. The van der Waals surface area contributed by atoms with E-state index in [2.05, 4.69) is 30.6 Å². The fraction of sp³-hybridized carbons (Fsp3) is 0.161. The lowest BCUT2D eigenvalue weighted by Gasteiger charge is -2.05. The Morgan fingerprint density at radius 3 is 1.89 bits per heavy atom. The summed E-state index contributed by atoms with van der Waals surface area (Å²) in [6.45, 7) is 2.79. The van der Waals surface area contributed by atoms with Crippen LogP contribution in [0.1, 0.15) is 48.4 Å². The lowest BCUT2D eigenvalue weighted by molar-refractivity contribution is 0.306. The van der Waals surface area contributed by atoms with E-state index in [1.807, 2.05) is 12.1 Å². The summed E-state index contributed by atoms with van der Waals surface area (Å²) in [5.74, 6) is 7.98. The Bertz CT molecular complexity index is 1490. The summed E-state index contributed by atoms with van der Waals surface area (Å²) in [7, 11) is 0. The molecule has 4 aromatic carbocycles. The number of halogens is 4. The van der Waals surface area contributed by atoms with Crippen LogP contribution in [0.25, 0.3) is 10.8 Å². The third-order valence-electron chi connectivity index (χ3n) is 5.48. The number of ether oxygens (including phenoxy) is 1. The molecule has 0 radical (unpaired) electrons. The monoisotopic (exact) mass is 486 g/mol. The largest absolute Gasteiger partial charge is 0.494 e. The molecule has 0 atom stereocenters. The van der Waals surface area contributed by atoms with Gasteiger partial charge in [-0.3, -0.25) is 0 Å². The number of fused-ring (bicyclic) bond motifs is 1. The minimum atomic E-state index is -0.979. The van der Waals surface area contributed by atoms with E-state index < -0.39 is 28.8 Å². The minimum Gasteiger partial charge on any atom is -0.494 e. The Kier molecular flexibility index (Phi) is 7.93. The molecule has 0 bridgehead atoms. The topological polar surface area (TPSA) is 9.23 Å². The van der Waals surface area contributed by atoms with Crippen LogP contribution in [-0.4, -0.2) is 6.61 Å². The molecule has 0 amide bonds. The summed E-state index contributed by atoms with van der Waals surface area (Å²) in [5, 5.41) is 0.928.